The number of carbonyl (C=O) groups is 2. The first-order valence-electron chi connectivity index (χ1n) is 10.3. The fourth-order valence-electron chi connectivity index (χ4n) is 4.41. The van der Waals surface area contributed by atoms with Crippen molar-refractivity contribution in [1.82, 2.24) is 14.8 Å². The molecule has 2 fully saturated rings. The molecule has 2 saturated heterocycles. The number of carbonyl (C=O) groups excluding carboxylic acids is 2. The minimum atomic E-state index is -0.414. The van der Waals surface area contributed by atoms with Gasteiger partial charge in [-0.1, -0.05) is 24.3 Å². The zero-order chi connectivity index (χ0) is 20.7. The normalized spacial score (nSPS) is 21.1. The Hall–Kier alpha value is -3.06. The number of aromatic nitrogens is 1. The van der Waals surface area contributed by atoms with Crippen LogP contribution in [0.15, 0.2) is 52.9 Å². The first kappa shape index (κ1) is 18.9. The summed E-state index contributed by atoms with van der Waals surface area (Å²) in [4.78, 5) is 33.4. The van der Waals surface area contributed by atoms with Gasteiger partial charge in [0.2, 0.25) is 11.8 Å². The van der Waals surface area contributed by atoms with E-state index in [0.717, 1.165) is 48.5 Å². The molecule has 1 atom stereocenters. The molecular formula is C23H22FN3O3. The van der Waals surface area contributed by atoms with Gasteiger partial charge in [-0.15, -0.1) is 0 Å². The molecule has 30 heavy (non-hydrogen) atoms. The van der Waals surface area contributed by atoms with Gasteiger partial charge < -0.3 is 4.42 Å². The number of hydrogen-bond acceptors (Lipinski definition) is 5. The van der Waals surface area contributed by atoms with Gasteiger partial charge in [0.25, 0.3) is 0 Å². The molecule has 6 nitrogen and oxygen atoms in total. The Bertz CT molecular complexity index is 1050. The second kappa shape index (κ2) is 7.65. The fourth-order valence-corrected chi connectivity index (χ4v) is 4.41. The minimum Gasteiger partial charge on any atom is -0.440 e. The second-order valence-corrected chi connectivity index (χ2v) is 7.99. The molecule has 0 saturated carbocycles. The monoisotopic (exact) mass is 407 g/mol. The van der Waals surface area contributed by atoms with Gasteiger partial charge in [0.15, 0.2) is 11.5 Å². The number of benzene rings is 2. The molecule has 0 unspecified atom stereocenters. The Balaban J connectivity index is 1.23. The van der Waals surface area contributed by atoms with E-state index in [1.807, 2.05) is 24.3 Å². The molecule has 2 aromatic carbocycles. The van der Waals surface area contributed by atoms with Crippen molar-refractivity contribution in [2.75, 3.05) is 13.1 Å². The number of amides is 2. The number of fused-ring (bicyclic) bond motifs is 1. The van der Waals surface area contributed by atoms with E-state index in [1.54, 1.807) is 12.1 Å². The molecule has 3 aromatic rings. The number of halogens is 1. The van der Waals surface area contributed by atoms with E-state index < -0.39 is 6.04 Å². The van der Waals surface area contributed by atoms with Crippen LogP contribution in [0.2, 0.25) is 0 Å². The van der Waals surface area contributed by atoms with E-state index >= 15 is 0 Å². The molecule has 0 bridgehead atoms. The van der Waals surface area contributed by atoms with Crippen molar-refractivity contribution in [3.63, 3.8) is 0 Å². The molecule has 5 rings (SSSR count). The Kier molecular flexibility index (Phi) is 4.83. The van der Waals surface area contributed by atoms with Gasteiger partial charge in [-0.05, 0) is 55.8 Å². The van der Waals surface area contributed by atoms with Crippen LogP contribution >= 0.6 is 0 Å². The molecule has 0 aliphatic carbocycles. The van der Waals surface area contributed by atoms with Crippen molar-refractivity contribution >= 4 is 22.9 Å². The lowest BCUT2D eigenvalue weighted by Gasteiger charge is -2.33. The summed E-state index contributed by atoms with van der Waals surface area (Å²) in [5.41, 5.74) is 2.40. The number of para-hydroxylation sites is 2. The largest absolute Gasteiger partial charge is 0.440 e. The molecule has 0 radical (unpaired) electrons. The molecule has 2 amide bonds. The highest BCUT2D eigenvalue weighted by Crippen LogP contribution is 2.32. The average molecular weight is 407 g/mol. The quantitative estimate of drug-likeness (QED) is 0.620. The van der Waals surface area contributed by atoms with Gasteiger partial charge in [0.05, 0.1) is 19.0 Å². The minimum absolute atomic E-state index is 0.162. The van der Waals surface area contributed by atoms with Crippen LogP contribution in [0.25, 0.3) is 11.1 Å². The summed E-state index contributed by atoms with van der Waals surface area (Å²) in [5.74, 6) is 0.302. The first-order valence-corrected chi connectivity index (χ1v) is 10.3. The van der Waals surface area contributed by atoms with Crippen molar-refractivity contribution in [2.45, 2.75) is 37.8 Å². The van der Waals surface area contributed by atoms with E-state index in [4.69, 9.17) is 4.42 Å². The molecule has 2 aliphatic rings. The number of hydrogen-bond donors (Lipinski definition) is 0. The maximum absolute atomic E-state index is 13.1. The van der Waals surface area contributed by atoms with Crippen LogP contribution in [0.5, 0.6) is 0 Å². The van der Waals surface area contributed by atoms with Crippen LogP contribution in [0.3, 0.4) is 0 Å². The summed E-state index contributed by atoms with van der Waals surface area (Å²) < 4.78 is 19.0. The van der Waals surface area contributed by atoms with Gasteiger partial charge in [0.1, 0.15) is 11.3 Å². The number of oxazole rings is 1. The summed E-state index contributed by atoms with van der Waals surface area (Å²) in [6.45, 7) is 1.63. The summed E-state index contributed by atoms with van der Waals surface area (Å²) >= 11 is 0. The number of nitrogens with zero attached hydrogens (tertiary/aromatic N) is 3. The summed E-state index contributed by atoms with van der Waals surface area (Å²) in [7, 11) is 0. The van der Waals surface area contributed by atoms with Crippen LogP contribution in [0, 0.1) is 5.82 Å². The highest BCUT2D eigenvalue weighted by Gasteiger charge is 2.43. The van der Waals surface area contributed by atoms with Gasteiger partial charge >= 0.3 is 0 Å². The van der Waals surface area contributed by atoms with Crippen molar-refractivity contribution in [1.29, 1.82) is 0 Å². The molecule has 1 aromatic heterocycles. The van der Waals surface area contributed by atoms with Gasteiger partial charge in [0, 0.05) is 5.92 Å². The van der Waals surface area contributed by atoms with Gasteiger partial charge in [-0.25, -0.2) is 9.37 Å². The Morgan fingerprint density at radius 2 is 1.77 bits per heavy atom. The lowest BCUT2D eigenvalue weighted by molar-refractivity contribution is -0.140. The zero-order valence-electron chi connectivity index (χ0n) is 16.5. The SMILES string of the molecule is O=C1C[C@H](N2CCC(c3nc4ccccc4o3)CC2)C(=O)N1Cc1ccc(F)cc1. The third-order valence-corrected chi connectivity index (χ3v) is 6.10. The molecule has 7 heteroatoms. The summed E-state index contributed by atoms with van der Waals surface area (Å²) in [6, 6.07) is 13.2. The third kappa shape index (κ3) is 3.50. The van der Waals surface area contributed by atoms with E-state index in [2.05, 4.69) is 9.88 Å². The van der Waals surface area contributed by atoms with Crippen LogP contribution in [0.4, 0.5) is 4.39 Å². The molecule has 0 spiro atoms. The van der Waals surface area contributed by atoms with Crippen molar-refractivity contribution < 1.29 is 18.4 Å². The predicted molar refractivity (Wildman–Crippen MR) is 108 cm³/mol. The van der Waals surface area contributed by atoms with Gasteiger partial charge in [-0.2, -0.15) is 0 Å². The standard InChI is InChI=1S/C23H22FN3O3/c24-17-7-5-15(6-8-17)14-27-21(28)13-19(23(27)29)26-11-9-16(10-12-26)22-25-18-3-1-2-4-20(18)30-22/h1-8,16,19H,9-14H2/t19-/m0/s1. The maximum atomic E-state index is 13.1. The Morgan fingerprint density at radius 1 is 1.03 bits per heavy atom. The lowest BCUT2D eigenvalue weighted by atomic mass is 9.95. The van der Waals surface area contributed by atoms with Crippen molar-refractivity contribution in [3.05, 3.63) is 65.8 Å². The number of piperidine rings is 1. The van der Waals surface area contributed by atoms with Crippen molar-refractivity contribution in [3.8, 4) is 0 Å². The van der Waals surface area contributed by atoms with Gasteiger partial charge in [-0.3, -0.25) is 19.4 Å². The highest BCUT2D eigenvalue weighted by atomic mass is 19.1. The number of rotatable bonds is 4. The molecular weight excluding hydrogens is 385 g/mol. The highest BCUT2D eigenvalue weighted by molar-refractivity contribution is 6.05. The van der Waals surface area contributed by atoms with E-state index in [1.165, 1.54) is 17.0 Å². The maximum Gasteiger partial charge on any atom is 0.247 e. The zero-order valence-corrected chi connectivity index (χ0v) is 16.5. The van der Waals surface area contributed by atoms with Crippen LogP contribution in [-0.4, -0.2) is 45.7 Å². The number of likely N-dealkylation sites (tertiary alicyclic amines) is 2. The summed E-state index contributed by atoms with van der Waals surface area (Å²) in [6.07, 6.45) is 1.87. The van der Waals surface area contributed by atoms with E-state index in [0.29, 0.717) is 0 Å². The predicted octanol–water partition coefficient (Wildman–Crippen LogP) is 3.47. The van der Waals surface area contributed by atoms with E-state index in [-0.39, 0.29) is 36.5 Å². The molecule has 0 N–H and O–H groups in total. The number of imide groups is 1. The molecule has 2 aliphatic heterocycles. The Morgan fingerprint density at radius 3 is 2.50 bits per heavy atom. The van der Waals surface area contributed by atoms with Crippen molar-refractivity contribution in [2.24, 2.45) is 0 Å². The molecule has 3 heterocycles. The fraction of sp³-hybridized carbons (Fsp3) is 0.348. The second-order valence-electron chi connectivity index (χ2n) is 7.99. The summed E-state index contributed by atoms with van der Waals surface area (Å²) in [5, 5.41) is 0. The first-order chi connectivity index (χ1) is 14.6. The molecule has 154 valence electrons. The third-order valence-electron chi connectivity index (χ3n) is 6.10. The topological polar surface area (TPSA) is 66.7 Å². The smallest absolute Gasteiger partial charge is 0.247 e. The Labute approximate surface area is 173 Å². The van der Waals surface area contributed by atoms with Crippen LogP contribution < -0.4 is 0 Å². The van der Waals surface area contributed by atoms with Crippen LogP contribution in [0.1, 0.15) is 36.6 Å². The van der Waals surface area contributed by atoms with Crippen LogP contribution in [-0.2, 0) is 16.1 Å². The lowest BCUT2D eigenvalue weighted by Crippen LogP contribution is -2.45. The average Bonchev–Trinajstić information content (AvgIpc) is 3.32. The van der Waals surface area contributed by atoms with E-state index in [9.17, 15) is 14.0 Å².